The van der Waals surface area contributed by atoms with Gasteiger partial charge in [0, 0.05) is 17.8 Å². The molecule has 118 valence electrons. The minimum absolute atomic E-state index is 0.120. The third-order valence-corrected chi connectivity index (χ3v) is 3.15. The van der Waals surface area contributed by atoms with Crippen LogP contribution >= 0.6 is 0 Å². The number of halogens is 3. The van der Waals surface area contributed by atoms with Crippen LogP contribution in [0.25, 0.3) is 0 Å². The van der Waals surface area contributed by atoms with E-state index in [-0.39, 0.29) is 17.3 Å². The Kier molecular flexibility index (Phi) is 6.52. The molecule has 0 fully saturated rings. The van der Waals surface area contributed by atoms with Crippen LogP contribution in [0.2, 0.25) is 0 Å². The first-order valence-electron chi connectivity index (χ1n) is 7.11. The van der Waals surface area contributed by atoms with Crippen LogP contribution < -0.4 is 11.1 Å². The molecule has 0 saturated carbocycles. The Morgan fingerprint density at radius 1 is 1.19 bits per heavy atom. The lowest BCUT2D eigenvalue weighted by molar-refractivity contribution is -0.136. The Hall–Kier alpha value is -1.72. The Balaban J connectivity index is 2.53. The van der Waals surface area contributed by atoms with Gasteiger partial charge in [0.25, 0.3) is 0 Å². The van der Waals surface area contributed by atoms with Crippen LogP contribution in [0.5, 0.6) is 0 Å². The summed E-state index contributed by atoms with van der Waals surface area (Å²) in [4.78, 5) is 11.7. The summed E-state index contributed by atoms with van der Waals surface area (Å²) in [6.07, 6.45) is 0.820. The molecule has 1 amide bonds. The molecular weight excluding hydrogens is 281 g/mol. The molecule has 21 heavy (non-hydrogen) atoms. The first kappa shape index (κ1) is 17.3. The molecule has 0 bridgehead atoms. The zero-order valence-corrected chi connectivity index (χ0v) is 12.1. The Bertz CT molecular complexity index is 472. The summed E-state index contributed by atoms with van der Waals surface area (Å²) in [6, 6.07) is 3.39. The molecule has 0 radical (unpaired) electrons. The molecule has 0 unspecified atom stereocenters. The van der Waals surface area contributed by atoms with Gasteiger partial charge in [-0.2, -0.15) is 13.2 Å². The van der Waals surface area contributed by atoms with Crippen molar-refractivity contribution < 1.29 is 18.0 Å². The predicted molar refractivity (Wildman–Crippen MR) is 77.9 cm³/mol. The SMILES string of the molecule is CCCCCCCC(=O)Nc1ccc(N)c(C(F)(F)F)c1. The number of carbonyl (C=O) groups excluding carboxylic acids is 1. The van der Waals surface area contributed by atoms with Gasteiger partial charge in [0.2, 0.25) is 5.91 Å². The molecule has 0 aliphatic rings. The van der Waals surface area contributed by atoms with Crippen LogP contribution in [-0.4, -0.2) is 5.91 Å². The molecule has 0 saturated heterocycles. The second-order valence-corrected chi connectivity index (χ2v) is 5.01. The molecule has 1 aromatic carbocycles. The van der Waals surface area contributed by atoms with Crippen LogP contribution in [0.3, 0.4) is 0 Å². The van der Waals surface area contributed by atoms with Gasteiger partial charge in [-0.25, -0.2) is 0 Å². The van der Waals surface area contributed by atoms with Crippen molar-refractivity contribution in [3.63, 3.8) is 0 Å². The van der Waals surface area contributed by atoms with Crippen LogP contribution in [0.4, 0.5) is 24.5 Å². The smallest absolute Gasteiger partial charge is 0.398 e. The average Bonchev–Trinajstić information content (AvgIpc) is 2.39. The second kappa shape index (κ2) is 7.90. The third kappa shape index (κ3) is 6.06. The number of alkyl halides is 3. The maximum atomic E-state index is 12.7. The standard InChI is InChI=1S/C15H21F3N2O/c1-2-3-4-5-6-7-14(21)20-11-8-9-13(19)12(10-11)15(16,17)18/h8-10H,2-7,19H2,1H3,(H,20,21). The second-order valence-electron chi connectivity index (χ2n) is 5.01. The van der Waals surface area contributed by atoms with Crippen molar-refractivity contribution >= 4 is 17.3 Å². The van der Waals surface area contributed by atoms with Crippen molar-refractivity contribution in [1.82, 2.24) is 0 Å². The van der Waals surface area contributed by atoms with Gasteiger partial charge in [0.1, 0.15) is 0 Å². The number of nitrogens with one attached hydrogen (secondary N) is 1. The fourth-order valence-electron chi connectivity index (χ4n) is 1.99. The number of hydrogen-bond acceptors (Lipinski definition) is 2. The summed E-state index contributed by atoms with van der Waals surface area (Å²) in [5.74, 6) is -0.274. The zero-order chi connectivity index (χ0) is 15.9. The van der Waals surface area contributed by atoms with E-state index in [0.29, 0.717) is 6.42 Å². The minimum Gasteiger partial charge on any atom is -0.398 e. The van der Waals surface area contributed by atoms with Crippen molar-refractivity contribution in [2.75, 3.05) is 11.1 Å². The molecule has 1 aromatic rings. The fraction of sp³-hybridized carbons (Fsp3) is 0.533. The average molecular weight is 302 g/mol. The highest BCUT2D eigenvalue weighted by Crippen LogP contribution is 2.35. The first-order valence-corrected chi connectivity index (χ1v) is 7.11. The van der Waals surface area contributed by atoms with E-state index in [1.807, 2.05) is 0 Å². The number of carbonyl (C=O) groups is 1. The number of rotatable bonds is 7. The number of nitrogen functional groups attached to an aromatic ring is 1. The number of unbranched alkanes of at least 4 members (excludes halogenated alkanes) is 4. The van der Waals surface area contributed by atoms with Gasteiger partial charge in [-0.3, -0.25) is 4.79 Å². The van der Waals surface area contributed by atoms with Crippen molar-refractivity contribution in [2.45, 2.75) is 51.6 Å². The topological polar surface area (TPSA) is 55.1 Å². The molecule has 3 N–H and O–H groups in total. The molecule has 0 aliphatic heterocycles. The van der Waals surface area contributed by atoms with Gasteiger partial charge in [-0.05, 0) is 24.6 Å². The molecule has 0 spiro atoms. The van der Waals surface area contributed by atoms with Crippen molar-refractivity contribution in [2.24, 2.45) is 0 Å². The fourth-order valence-corrected chi connectivity index (χ4v) is 1.99. The summed E-state index contributed by atoms with van der Waals surface area (Å²) < 4.78 is 38.1. The maximum Gasteiger partial charge on any atom is 0.418 e. The monoisotopic (exact) mass is 302 g/mol. The summed E-state index contributed by atoms with van der Waals surface area (Å²) in [7, 11) is 0. The van der Waals surface area contributed by atoms with Crippen molar-refractivity contribution in [3.8, 4) is 0 Å². The van der Waals surface area contributed by atoms with Crippen LogP contribution in [0.1, 0.15) is 51.0 Å². The van der Waals surface area contributed by atoms with Gasteiger partial charge < -0.3 is 11.1 Å². The molecule has 6 heteroatoms. The van der Waals surface area contributed by atoms with Crippen LogP contribution in [-0.2, 0) is 11.0 Å². The van der Waals surface area contributed by atoms with Gasteiger partial charge >= 0.3 is 6.18 Å². The van der Waals surface area contributed by atoms with E-state index < -0.39 is 11.7 Å². The lowest BCUT2D eigenvalue weighted by atomic mass is 10.1. The van der Waals surface area contributed by atoms with Crippen molar-refractivity contribution in [3.05, 3.63) is 23.8 Å². The lowest BCUT2D eigenvalue weighted by Crippen LogP contribution is -2.14. The largest absolute Gasteiger partial charge is 0.418 e. The van der Waals surface area contributed by atoms with E-state index in [0.717, 1.165) is 44.2 Å². The van der Waals surface area contributed by atoms with E-state index in [9.17, 15) is 18.0 Å². The van der Waals surface area contributed by atoms with Crippen LogP contribution in [0.15, 0.2) is 18.2 Å². The van der Waals surface area contributed by atoms with Crippen molar-refractivity contribution in [1.29, 1.82) is 0 Å². The molecule has 0 aromatic heterocycles. The highest BCUT2D eigenvalue weighted by atomic mass is 19.4. The first-order chi connectivity index (χ1) is 9.84. The summed E-state index contributed by atoms with van der Waals surface area (Å²) >= 11 is 0. The highest BCUT2D eigenvalue weighted by molar-refractivity contribution is 5.91. The summed E-state index contributed by atoms with van der Waals surface area (Å²) in [5, 5.41) is 2.48. The van der Waals surface area contributed by atoms with E-state index in [1.165, 1.54) is 6.07 Å². The number of hydrogen-bond donors (Lipinski definition) is 2. The Morgan fingerprint density at radius 3 is 2.48 bits per heavy atom. The van der Waals surface area contributed by atoms with E-state index in [4.69, 9.17) is 5.73 Å². The maximum absolute atomic E-state index is 12.7. The molecule has 0 atom stereocenters. The quantitative estimate of drug-likeness (QED) is 0.572. The zero-order valence-electron chi connectivity index (χ0n) is 12.1. The van der Waals surface area contributed by atoms with Gasteiger partial charge in [0.05, 0.1) is 5.56 Å². The van der Waals surface area contributed by atoms with E-state index in [1.54, 1.807) is 0 Å². The summed E-state index contributed by atoms with van der Waals surface area (Å²) in [5.41, 5.74) is 4.15. The molecule has 0 aliphatic carbocycles. The number of benzene rings is 1. The summed E-state index contributed by atoms with van der Waals surface area (Å²) in [6.45, 7) is 2.10. The number of nitrogens with two attached hydrogens (primary N) is 1. The highest BCUT2D eigenvalue weighted by Gasteiger charge is 2.33. The lowest BCUT2D eigenvalue weighted by Gasteiger charge is -2.12. The third-order valence-electron chi connectivity index (χ3n) is 3.15. The van der Waals surface area contributed by atoms with Gasteiger partial charge in [-0.15, -0.1) is 0 Å². The Labute approximate surface area is 122 Å². The van der Waals surface area contributed by atoms with E-state index >= 15 is 0 Å². The molecule has 1 rings (SSSR count). The van der Waals surface area contributed by atoms with Gasteiger partial charge in [-0.1, -0.05) is 32.6 Å². The normalized spacial score (nSPS) is 11.4. The number of anilines is 2. The number of amides is 1. The minimum atomic E-state index is -4.52. The molecule has 0 heterocycles. The molecule has 3 nitrogen and oxygen atoms in total. The van der Waals surface area contributed by atoms with Crippen LogP contribution in [0, 0.1) is 0 Å². The van der Waals surface area contributed by atoms with E-state index in [2.05, 4.69) is 12.2 Å². The Morgan fingerprint density at radius 2 is 1.86 bits per heavy atom. The predicted octanol–water partition coefficient (Wildman–Crippen LogP) is 4.59. The van der Waals surface area contributed by atoms with Gasteiger partial charge in [0.15, 0.2) is 0 Å². The molecular formula is C15H21F3N2O.